The van der Waals surface area contributed by atoms with E-state index in [0.717, 1.165) is 15.8 Å². The summed E-state index contributed by atoms with van der Waals surface area (Å²) in [6.45, 7) is 1.46. The van der Waals surface area contributed by atoms with Gasteiger partial charge >= 0.3 is 0 Å². The number of pyridine rings is 1. The molecule has 0 radical (unpaired) electrons. The second-order valence-electron chi connectivity index (χ2n) is 3.23. The summed E-state index contributed by atoms with van der Waals surface area (Å²) >= 11 is 3.42. The third kappa shape index (κ3) is 2.37. The summed E-state index contributed by atoms with van der Waals surface area (Å²) in [5.74, 6) is 0. The number of halogens is 1. The van der Waals surface area contributed by atoms with Crippen LogP contribution in [0.2, 0.25) is 0 Å². The molecule has 0 spiro atoms. The first kappa shape index (κ1) is 10.6. The average molecular weight is 270 g/mol. The van der Waals surface area contributed by atoms with Crippen molar-refractivity contribution in [2.75, 3.05) is 13.2 Å². The third-order valence-corrected chi connectivity index (χ3v) is 2.61. The van der Waals surface area contributed by atoms with Gasteiger partial charge in [0.2, 0.25) is 0 Å². The lowest BCUT2D eigenvalue weighted by Crippen LogP contribution is -2.18. The summed E-state index contributed by atoms with van der Waals surface area (Å²) in [5.41, 5.74) is 2.01. The smallest absolute Gasteiger partial charge is 0.136 e. The highest BCUT2D eigenvalue weighted by atomic mass is 79.9. The molecule has 0 atom stereocenters. The molecule has 0 amide bonds. The number of aliphatic hydroxyl groups is 1. The Balaban J connectivity index is 2.23. The minimum absolute atomic E-state index is 0.153. The van der Waals surface area contributed by atoms with E-state index in [1.807, 2.05) is 28.9 Å². The van der Waals surface area contributed by atoms with Gasteiger partial charge in [-0.25, -0.2) is 4.98 Å². The van der Waals surface area contributed by atoms with Gasteiger partial charge in [0, 0.05) is 23.8 Å². The van der Waals surface area contributed by atoms with Gasteiger partial charge in [-0.3, -0.25) is 0 Å². The van der Waals surface area contributed by atoms with Crippen LogP contribution in [0.5, 0.6) is 0 Å². The zero-order valence-electron chi connectivity index (χ0n) is 8.15. The number of aromatic nitrogens is 2. The van der Waals surface area contributed by atoms with Gasteiger partial charge in [-0.15, -0.1) is 0 Å². The first-order chi connectivity index (χ1) is 7.31. The SMILES string of the molecule is OCCNCc1cnc2ccc(Br)cn12. The van der Waals surface area contributed by atoms with E-state index in [0.29, 0.717) is 13.1 Å². The normalized spacial score (nSPS) is 11.1. The lowest BCUT2D eigenvalue weighted by molar-refractivity contribution is 0.291. The fourth-order valence-corrected chi connectivity index (χ4v) is 1.77. The number of rotatable bonds is 4. The number of nitrogens with zero attached hydrogens (tertiary/aromatic N) is 2. The van der Waals surface area contributed by atoms with E-state index in [2.05, 4.69) is 26.2 Å². The van der Waals surface area contributed by atoms with Gasteiger partial charge in [-0.2, -0.15) is 0 Å². The Morgan fingerprint density at radius 2 is 2.33 bits per heavy atom. The molecule has 0 saturated heterocycles. The molecule has 80 valence electrons. The van der Waals surface area contributed by atoms with Crippen LogP contribution in [0, 0.1) is 0 Å². The number of hydrogen-bond donors (Lipinski definition) is 2. The molecule has 5 heteroatoms. The molecule has 2 rings (SSSR count). The van der Waals surface area contributed by atoms with E-state index < -0.39 is 0 Å². The van der Waals surface area contributed by atoms with E-state index in [9.17, 15) is 0 Å². The number of aliphatic hydroxyl groups excluding tert-OH is 1. The third-order valence-electron chi connectivity index (χ3n) is 2.14. The number of hydrogen-bond acceptors (Lipinski definition) is 3. The zero-order valence-corrected chi connectivity index (χ0v) is 9.74. The Morgan fingerprint density at radius 3 is 3.13 bits per heavy atom. The Hall–Kier alpha value is -0.910. The van der Waals surface area contributed by atoms with Crippen LogP contribution in [0.3, 0.4) is 0 Å². The lowest BCUT2D eigenvalue weighted by Gasteiger charge is -2.03. The second-order valence-corrected chi connectivity index (χ2v) is 4.14. The molecule has 0 saturated carbocycles. The van der Waals surface area contributed by atoms with Crippen molar-refractivity contribution in [2.45, 2.75) is 6.54 Å². The highest BCUT2D eigenvalue weighted by molar-refractivity contribution is 9.10. The Kier molecular flexibility index (Phi) is 3.35. The van der Waals surface area contributed by atoms with Crippen molar-refractivity contribution < 1.29 is 5.11 Å². The Bertz CT molecular complexity index is 455. The molecule has 0 aliphatic heterocycles. The van der Waals surface area contributed by atoms with Gasteiger partial charge in [0.25, 0.3) is 0 Å². The Labute approximate surface area is 96.1 Å². The van der Waals surface area contributed by atoms with Crippen LogP contribution in [0.4, 0.5) is 0 Å². The van der Waals surface area contributed by atoms with Crippen LogP contribution in [-0.4, -0.2) is 27.6 Å². The highest BCUT2D eigenvalue weighted by Crippen LogP contribution is 2.13. The predicted molar refractivity (Wildman–Crippen MR) is 61.7 cm³/mol. The van der Waals surface area contributed by atoms with Crippen molar-refractivity contribution in [1.29, 1.82) is 0 Å². The largest absolute Gasteiger partial charge is 0.395 e. The second kappa shape index (κ2) is 4.74. The first-order valence-corrected chi connectivity index (χ1v) is 5.53. The molecule has 0 bridgehead atoms. The molecule has 0 aliphatic rings. The summed E-state index contributed by atoms with van der Waals surface area (Å²) in [7, 11) is 0. The number of nitrogens with one attached hydrogen (secondary N) is 1. The minimum atomic E-state index is 0.153. The van der Waals surface area contributed by atoms with Crippen LogP contribution in [0.15, 0.2) is 29.0 Å². The van der Waals surface area contributed by atoms with Crippen molar-refractivity contribution in [2.24, 2.45) is 0 Å². The number of imidazole rings is 1. The van der Waals surface area contributed by atoms with Gasteiger partial charge < -0.3 is 14.8 Å². The molecular formula is C10H12BrN3O. The fraction of sp³-hybridized carbons (Fsp3) is 0.300. The quantitative estimate of drug-likeness (QED) is 0.820. The summed E-state index contributed by atoms with van der Waals surface area (Å²) in [4.78, 5) is 4.28. The van der Waals surface area contributed by atoms with Gasteiger partial charge in [0.15, 0.2) is 0 Å². The standard InChI is InChI=1S/C10H12BrN3O/c11-8-1-2-10-13-6-9(14(10)7-8)5-12-3-4-15/h1-2,6-7,12,15H,3-5H2. The molecule has 0 aliphatic carbocycles. The number of fused-ring (bicyclic) bond motifs is 1. The van der Waals surface area contributed by atoms with Gasteiger partial charge in [0.1, 0.15) is 5.65 Å². The topological polar surface area (TPSA) is 49.6 Å². The maximum atomic E-state index is 8.66. The maximum absolute atomic E-state index is 8.66. The van der Waals surface area contributed by atoms with E-state index in [1.165, 1.54) is 0 Å². The zero-order chi connectivity index (χ0) is 10.7. The molecule has 2 N–H and O–H groups in total. The van der Waals surface area contributed by atoms with Crippen LogP contribution < -0.4 is 5.32 Å². The van der Waals surface area contributed by atoms with Gasteiger partial charge in [-0.1, -0.05) is 0 Å². The molecule has 2 aromatic heterocycles. The van der Waals surface area contributed by atoms with E-state index >= 15 is 0 Å². The minimum Gasteiger partial charge on any atom is -0.395 e. The highest BCUT2D eigenvalue weighted by Gasteiger charge is 2.02. The van der Waals surface area contributed by atoms with Crippen LogP contribution >= 0.6 is 15.9 Å². The van der Waals surface area contributed by atoms with Gasteiger partial charge in [0.05, 0.1) is 18.5 Å². The van der Waals surface area contributed by atoms with Crippen molar-refractivity contribution >= 4 is 21.6 Å². The average Bonchev–Trinajstić information content (AvgIpc) is 2.62. The first-order valence-electron chi connectivity index (χ1n) is 4.74. The van der Waals surface area contributed by atoms with Crippen molar-refractivity contribution in [3.63, 3.8) is 0 Å². The molecule has 0 unspecified atom stereocenters. The predicted octanol–water partition coefficient (Wildman–Crippen LogP) is 1.18. The fourth-order valence-electron chi connectivity index (χ4n) is 1.43. The summed E-state index contributed by atoms with van der Waals surface area (Å²) < 4.78 is 3.05. The van der Waals surface area contributed by atoms with Crippen molar-refractivity contribution in [3.05, 3.63) is 34.7 Å². The molecule has 4 nitrogen and oxygen atoms in total. The van der Waals surface area contributed by atoms with E-state index in [-0.39, 0.29) is 6.61 Å². The van der Waals surface area contributed by atoms with E-state index in [4.69, 9.17) is 5.11 Å². The summed E-state index contributed by atoms with van der Waals surface area (Å²) in [6, 6.07) is 3.92. The van der Waals surface area contributed by atoms with Crippen molar-refractivity contribution in [1.82, 2.24) is 14.7 Å². The summed E-state index contributed by atoms with van der Waals surface area (Å²) in [6.07, 6.45) is 3.82. The maximum Gasteiger partial charge on any atom is 0.136 e. The molecule has 2 aromatic rings. The van der Waals surface area contributed by atoms with Crippen LogP contribution in [0.25, 0.3) is 5.65 Å². The lowest BCUT2D eigenvalue weighted by atomic mass is 10.4. The molecule has 2 heterocycles. The monoisotopic (exact) mass is 269 g/mol. The molecular weight excluding hydrogens is 258 g/mol. The molecule has 0 fully saturated rings. The summed E-state index contributed by atoms with van der Waals surface area (Å²) in [5, 5.41) is 11.8. The van der Waals surface area contributed by atoms with Crippen LogP contribution in [0.1, 0.15) is 5.69 Å². The van der Waals surface area contributed by atoms with E-state index in [1.54, 1.807) is 0 Å². The van der Waals surface area contributed by atoms with Crippen LogP contribution in [-0.2, 0) is 6.54 Å². The Morgan fingerprint density at radius 1 is 1.47 bits per heavy atom. The van der Waals surface area contributed by atoms with Crippen molar-refractivity contribution in [3.8, 4) is 0 Å². The molecule has 15 heavy (non-hydrogen) atoms. The molecule has 0 aromatic carbocycles. The van der Waals surface area contributed by atoms with Gasteiger partial charge in [-0.05, 0) is 28.1 Å².